The van der Waals surface area contributed by atoms with Gasteiger partial charge in [0.1, 0.15) is 11.6 Å². The zero-order chi connectivity index (χ0) is 13.0. The lowest BCUT2D eigenvalue weighted by molar-refractivity contribution is 0.0917. The van der Waals surface area contributed by atoms with Crippen molar-refractivity contribution in [3.63, 3.8) is 0 Å². The Balaban J connectivity index is 2.01. The molecule has 0 heterocycles. The number of Topliss-reactive ketones (excluding diaryl/α,β-unsaturated/α-hetero) is 1. The first kappa shape index (κ1) is 12.8. The fraction of sp³-hybridized carbons (Fsp3) is 0.0714. The van der Waals surface area contributed by atoms with Crippen LogP contribution in [0.3, 0.4) is 0 Å². The van der Waals surface area contributed by atoms with Crippen LogP contribution in [0.1, 0.15) is 10.4 Å². The van der Waals surface area contributed by atoms with Crippen LogP contribution >= 0.6 is 15.9 Å². The second-order valence-corrected chi connectivity index (χ2v) is 4.56. The lowest BCUT2D eigenvalue weighted by atomic mass is 10.1. The topological polar surface area (TPSA) is 26.3 Å². The summed E-state index contributed by atoms with van der Waals surface area (Å²) < 4.78 is 19.6. The molecular formula is C14H10BrFO2. The standard InChI is InChI=1S/C14H10BrFO2/c15-10-5-7-11(8-6-10)18-9-14(17)12-3-1-2-4-13(12)16/h1-8H,9H2. The van der Waals surface area contributed by atoms with Gasteiger partial charge in [-0.2, -0.15) is 0 Å². The van der Waals surface area contributed by atoms with E-state index in [4.69, 9.17) is 4.74 Å². The van der Waals surface area contributed by atoms with Gasteiger partial charge in [-0.25, -0.2) is 4.39 Å². The van der Waals surface area contributed by atoms with E-state index < -0.39 is 5.82 Å². The van der Waals surface area contributed by atoms with Crippen molar-refractivity contribution in [3.8, 4) is 5.75 Å². The number of rotatable bonds is 4. The lowest BCUT2D eigenvalue weighted by Gasteiger charge is -2.06. The highest BCUT2D eigenvalue weighted by atomic mass is 79.9. The highest BCUT2D eigenvalue weighted by molar-refractivity contribution is 9.10. The Bertz CT molecular complexity index is 552. The molecule has 0 saturated heterocycles. The van der Waals surface area contributed by atoms with Gasteiger partial charge in [-0.15, -0.1) is 0 Å². The van der Waals surface area contributed by atoms with Crippen LogP contribution in [0.2, 0.25) is 0 Å². The number of hydrogen-bond acceptors (Lipinski definition) is 2. The van der Waals surface area contributed by atoms with Crippen molar-refractivity contribution in [3.05, 3.63) is 64.4 Å². The van der Waals surface area contributed by atoms with E-state index in [1.54, 1.807) is 24.3 Å². The number of hydrogen-bond donors (Lipinski definition) is 0. The fourth-order valence-corrected chi connectivity index (χ4v) is 1.71. The van der Waals surface area contributed by atoms with Crippen LogP contribution in [0.5, 0.6) is 5.75 Å². The predicted octanol–water partition coefficient (Wildman–Crippen LogP) is 3.85. The highest BCUT2D eigenvalue weighted by Gasteiger charge is 2.11. The van der Waals surface area contributed by atoms with Gasteiger partial charge in [-0.1, -0.05) is 28.1 Å². The van der Waals surface area contributed by atoms with Crippen LogP contribution in [-0.4, -0.2) is 12.4 Å². The summed E-state index contributed by atoms with van der Waals surface area (Å²) >= 11 is 3.30. The average molecular weight is 309 g/mol. The first-order valence-corrected chi connectivity index (χ1v) is 6.12. The van der Waals surface area contributed by atoms with Crippen LogP contribution in [-0.2, 0) is 0 Å². The molecule has 18 heavy (non-hydrogen) atoms. The summed E-state index contributed by atoms with van der Waals surface area (Å²) in [5, 5.41) is 0. The van der Waals surface area contributed by atoms with Gasteiger partial charge in [0, 0.05) is 4.47 Å². The molecule has 0 atom stereocenters. The maximum atomic E-state index is 13.3. The van der Waals surface area contributed by atoms with Crippen molar-refractivity contribution >= 4 is 21.7 Å². The Morgan fingerprint density at radius 2 is 1.78 bits per heavy atom. The van der Waals surface area contributed by atoms with Gasteiger partial charge in [0.05, 0.1) is 5.56 Å². The van der Waals surface area contributed by atoms with Crippen molar-refractivity contribution in [1.29, 1.82) is 0 Å². The number of carbonyl (C=O) groups is 1. The minimum atomic E-state index is -0.526. The molecule has 0 aliphatic heterocycles. The largest absolute Gasteiger partial charge is 0.485 e. The molecule has 0 aliphatic carbocycles. The van der Waals surface area contributed by atoms with Crippen molar-refractivity contribution in [2.75, 3.05) is 6.61 Å². The molecule has 0 fully saturated rings. The SMILES string of the molecule is O=C(COc1ccc(Br)cc1)c1ccccc1F. The molecule has 2 aromatic rings. The molecule has 0 aliphatic rings. The number of benzene rings is 2. The molecule has 2 rings (SSSR count). The molecular weight excluding hydrogens is 299 g/mol. The third kappa shape index (κ3) is 3.17. The maximum Gasteiger partial charge on any atom is 0.203 e. The minimum Gasteiger partial charge on any atom is -0.485 e. The van der Waals surface area contributed by atoms with Gasteiger partial charge < -0.3 is 4.74 Å². The summed E-state index contributed by atoms with van der Waals surface area (Å²) in [5.41, 5.74) is 0.0506. The third-order valence-corrected chi connectivity index (χ3v) is 2.89. The average Bonchev–Trinajstić information content (AvgIpc) is 2.38. The van der Waals surface area contributed by atoms with Crippen molar-refractivity contribution in [2.24, 2.45) is 0 Å². The summed E-state index contributed by atoms with van der Waals surface area (Å²) in [5.74, 6) is -0.333. The minimum absolute atomic E-state index is 0.0506. The maximum absolute atomic E-state index is 13.3. The van der Waals surface area contributed by atoms with E-state index in [2.05, 4.69) is 15.9 Å². The van der Waals surface area contributed by atoms with Gasteiger partial charge in [0.2, 0.25) is 5.78 Å². The Hall–Kier alpha value is -1.68. The first-order valence-electron chi connectivity index (χ1n) is 5.33. The molecule has 0 bridgehead atoms. The molecule has 0 spiro atoms. The second-order valence-electron chi connectivity index (χ2n) is 3.65. The zero-order valence-corrected chi connectivity index (χ0v) is 11.0. The Kier molecular flexibility index (Phi) is 4.10. The Morgan fingerprint density at radius 1 is 1.11 bits per heavy atom. The first-order chi connectivity index (χ1) is 8.66. The number of halogens is 2. The second kappa shape index (κ2) is 5.78. The zero-order valence-electron chi connectivity index (χ0n) is 9.40. The summed E-state index contributed by atoms with van der Waals surface area (Å²) in [7, 11) is 0. The number of ketones is 1. The molecule has 2 aromatic carbocycles. The van der Waals surface area contributed by atoms with Gasteiger partial charge in [-0.05, 0) is 36.4 Å². The Morgan fingerprint density at radius 3 is 2.44 bits per heavy atom. The van der Waals surface area contributed by atoms with Crippen LogP contribution < -0.4 is 4.74 Å². The molecule has 92 valence electrons. The lowest BCUT2D eigenvalue weighted by Crippen LogP contribution is -2.13. The fourth-order valence-electron chi connectivity index (χ4n) is 1.44. The molecule has 0 amide bonds. The van der Waals surface area contributed by atoms with Crippen molar-refractivity contribution < 1.29 is 13.9 Å². The normalized spacial score (nSPS) is 10.1. The molecule has 0 unspecified atom stereocenters. The highest BCUT2D eigenvalue weighted by Crippen LogP contribution is 2.16. The van der Waals surface area contributed by atoms with E-state index in [0.29, 0.717) is 5.75 Å². The van der Waals surface area contributed by atoms with Crippen molar-refractivity contribution in [1.82, 2.24) is 0 Å². The molecule has 0 aromatic heterocycles. The van der Waals surface area contributed by atoms with Crippen LogP contribution in [0.4, 0.5) is 4.39 Å². The number of ether oxygens (including phenoxy) is 1. The Labute approximate surface area is 113 Å². The van der Waals surface area contributed by atoms with Crippen LogP contribution in [0.15, 0.2) is 53.0 Å². The van der Waals surface area contributed by atoms with E-state index in [-0.39, 0.29) is 18.0 Å². The molecule has 0 N–H and O–H groups in total. The number of carbonyl (C=O) groups excluding carboxylic acids is 1. The summed E-state index contributed by atoms with van der Waals surface area (Å²) in [6, 6.07) is 13.0. The van der Waals surface area contributed by atoms with Gasteiger partial charge >= 0.3 is 0 Å². The van der Waals surface area contributed by atoms with E-state index in [1.165, 1.54) is 12.1 Å². The summed E-state index contributed by atoms with van der Waals surface area (Å²) in [6.45, 7) is -0.178. The van der Waals surface area contributed by atoms with E-state index in [9.17, 15) is 9.18 Å². The van der Waals surface area contributed by atoms with Crippen LogP contribution in [0, 0.1) is 5.82 Å². The summed E-state index contributed by atoms with van der Waals surface area (Å²) in [6.07, 6.45) is 0. The molecule has 0 radical (unpaired) electrons. The van der Waals surface area contributed by atoms with Gasteiger partial charge in [0.25, 0.3) is 0 Å². The smallest absolute Gasteiger partial charge is 0.203 e. The van der Waals surface area contributed by atoms with Gasteiger partial charge in [0.15, 0.2) is 6.61 Å². The van der Waals surface area contributed by atoms with Crippen molar-refractivity contribution in [2.45, 2.75) is 0 Å². The summed E-state index contributed by atoms with van der Waals surface area (Å²) in [4.78, 5) is 11.7. The quantitative estimate of drug-likeness (QED) is 0.802. The molecule has 4 heteroatoms. The van der Waals surface area contributed by atoms with Crippen LogP contribution in [0.25, 0.3) is 0 Å². The monoisotopic (exact) mass is 308 g/mol. The van der Waals surface area contributed by atoms with E-state index >= 15 is 0 Å². The van der Waals surface area contributed by atoms with Gasteiger partial charge in [-0.3, -0.25) is 4.79 Å². The third-order valence-electron chi connectivity index (χ3n) is 2.36. The molecule has 0 saturated carbocycles. The van der Waals surface area contributed by atoms with E-state index in [0.717, 1.165) is 4.47 Å². The predicted molar refractivity (Wildman–Crippen MR) is 70.4 cm³/mol. The molecule has 2 nitrogen and oxygen atoms in total. The van der Waals surface area contributed by atoms with E-state index in [1.807, 2.05) is 12.1 Å².